The maximum atomic E-state index is 12.8. The summed E-state index contributed by atoms with van der Waals surface area (Å²) < 4.78 is 38.3. The van der Waals surface area contributed by atoms with E-state index in [2.05, 4.69) is 10.3 Å². The average molecular weight is 304 g/mol. The molecule has 0 radical (unpaired) electrons. The van der Waals surface area contributed by atoms with Crippen molar-refractivity contribution < 1.29 is 27.9 Å². The first-order valence-corrected chi connectivity index (χ1v) is 6.33. The van der Waals surface area contributed by atoms with Crippen molar-refractivity contribution in [2.24, 2.45) is 0 Å². The van der Waals surface area contributed by atoms with Crippen molar-refractivity contribution in [1.82, 2.24) is 10.3 Å². The number of carboxylic acid groups (broad SMARTS) is 1. The number of aromatic nitrogens is 1. The Morgan fingerprint density at radius 2 is 2.10 bits per heavy atom. The average Bonchev–Trinajstić information content (AvgIpc) is 2.42. The summed E-state index contributed by atoms with van der Waals surface area (Å²) in [5.41, 5.74) is -2.02. The van der Waals surface area contributed by atoms with Crippen LogP contribution in [0.1, 0.15) is 42.2 Å². The highest BCUT2D eigenvalue weighted by Crippen LogP contribution is 2.30. The molecule has 0 fully saturated rings. The van der Waals surface area contributed by atoms with Crippen molar-refractivity contribution >= 4 is 11.9 Å². The molecule has 0 bridgehead atoms. The number of rotatable bonds is 6. The number of unbranched alkanes of at least 4 members (excludes halogenated alkanes) is 1. The van der Waals surface area contributed by atoms with Crippen LogP contribution in [0.15, 0.2) is 18.3 Å². The standard InChI is InChI=1S/C13H15F3N2O3/c1-2-3-6-9(12(20)21)18-11(19)10-8(13(14,15)16)5-4-7-17-10/h4-5,7,9H,2-3,6H2,1H3,(H,18,19)(H,20,21)/t9-/m0/s1. The van der Waals surface area contributed by atoms with Gasteiger partial charge in [-0.2, -0.15) is 13.2 Å². The first-order valence-electron chi connectivity index (χ1n) is 6.33. The van der Waals surface area contributed by atoms with Crippen LogP contribution in [0.4, 0.5) is 13.2 Å². The number of hydrogen-bond acceptors (Lipinski definition) is 3. The molecular weight excluding hydrogens is 289 g/mol. The molecule has 0 saturated heterocycles. The van der Waals surface area contributed by atoms with Gasteiger partial charge in [0, 0.05) is 6.20 Å². The van der Waals surface area contributed by atoms with Gasteiger partial charge in [-0.1, -0.05) is 19.8 Å². The number of pyridine rings is 1. The van der Waals surface area contributed by atoms with Gasteiger partial charge in [0.2, 0.25) is 0 Å². The second-order valence-corrected chi connectivity index (χ2v) is 4.40. The molecule has 2 N–H and O–H groups in total. The van der Waals surface area contributed by atoms with E-state index in [4.69, 9.17) is 5.11 Å². The number of carbonyl (C=O) groups is 2. The summed E-state index contributed by atoms with van der Waals surface area (Å²) in [4.78, 5) is 26.3. The molecule has 0 aliphatic carbocycles. The lowest BCUT2D eigenvalue weighted by Gasteiger charge is -2.16. The number of nitrogens with zero attached hydrogens (tertiary/aromatic N) is 1. The minimum absolute atomic E-state index is 0.145. The van der Waals surface area contributed by atoms with E-state index in [1.807, 2.05) is 6.92 Å². The van der Waals surface area contributed by atoms with Crippen molar-refractivity contribution in [1.29, 1.82) is 0 Å². The molecule has 1 amide bonds. The van der Waals surface area contributed by atoms with Crippen molar-refractivity contribution in [3.8, 4) is 0 Å². The molecule has 0 aromatic carbocycles. The van der Waals surface area contributed by atoms with Crippen molar-refractivity contribution in [3.05, 3.63) is 29.6 Å². The van der Waals surface area contributed by atoms with Gasteiger partial charge in [0.05, 0.1) is 5.56 Å². The van der Waals surface area contributed by atoms with E-state index in [-0.39, 0.29) is 6.42 Å². The van der Waals surface area contributed by atoms with E-state index in [0.717, 1.165) is 18.3 Å². The zero-order valence-corrected chi connectivity index (χ0v) is 11.3. The van der Waals surface area contributed by atoms with E-state index in [0.29, 0.717) is 12.8 Å². The molecule has 0 unspecified atom stereocenters. The molecular formula is C13H15F3N2O3. The number of alkyl halides is 3. The lowest BCUT2D eigenvalue weighted by Crippen LogP contribution is -2.41. The number of amides is 1. The molecule has 1 atom stereocenters. The largest absolute Gasteiger partial charge is 0.480 e. The normalized spacial score (nSPS) is 12.8. The first kappa shape index (κ1) is 16.9. The number of carbonyl (C=O) groups excluding carboxylic acids is 1. The van der Waals surface area contributed by atoms with E-state index < -0.39 is 35.4 Å². The zero-order valence-electron chi connectivity index (χ0n) is 11.3. The molecule has 1 rings (SSSR count). The van der Waals surface area contributed by atoms with Gasteiger partial charge < -0.3 is 10.4 Å². The summed E-state index contributed by atoms with van der Waals surface area (Å²) in [5, 5.41) is 11.0. The lowest BCUT2D eigenvalue weighted by atomic mass is 10.1. The molecule has 1 aromatic rings. The predicted octanol–water partition coefficient (Wildman–Crippen LogP) is 2.47. The minimum Gasteiger partial charge on any atom is -0.480 e. The first-order chi connectivity index (χ1) is 9.77. The van der Waals surface area contributed by atoms with E-state index in [1.54, 1.807) is 0 Å². The van der Waals surface area contributed by atoms with Crippen molar-refractivity contribution in [3.63, 3.8) is 0 Å². The maximum absolute atomic E-state index is 12.8. The number of halogens is 3. The number of hydrogen-bond donors (Lipinski definition) is 2. The molecule has 0 saturated carbocycles. The predicted molar refractivity (Wildman–Crippen MR) is 67.7 cm³/mol. The van der Waals surface area contributed by atoms with Gasteiger partial charge in [0.1, 0.15) is 11.7 Å². The fraction of sp³-hybridized carbons (Fsp3) is 0.462. The van der Waals surface area contributed by atoms with Gasteiger partial charge in [-0.05, 0) is 18.6 Å². The third-order valence-corrected chi connectivity index (χ3v) is 2.78. The third kappa shape index (κ3) is 4.73. The smallest absolute Gasteiger partial charge is 0.418 e. The van der Waals surface area contributed by atoms with Crippen LogP contribution in [0.2, 0.25) is 0 Å². The second-order valence-electron chi connectivity index (χ2n) is 4.40. The topological polar surface area (TPSA) is 79.3 Å². The molecule has 1 heterocycles. The van der Waals surface area contributed by atoms with Crippen LogP contribution in [0.25, 0.3) is 0 Å². The van der Waals surface area contributed by atoms with Crippen molar-refractivity contribution in [2.75, 3.05) is 0 Å². The Labute approximate surface area is 119 Å². The highest BCUT2D eigenvalue weighted by atomic mass is 19.4. The zero-order chi connectivity index (χ0) is 16.0. The van der Waals surface area contributed by atoms with Gasteiger partial charge >= 0.3 is 12.1 Å². The fourth-order valence-electron chi connectivity index (χ4n) is 1.71. The van der Waals surface area contributed by atoms with Crippen LogP contribution in [0.3, 0.4) is 0 Å². The Kier molecular flexibility index (Phi) is 5.69. The molecule has 0 spiro atoms. The third-order valence-electron chi connectivity index (χ3n) is 2.78. The molecule has 1 aromatic heterocycles. The summed E-state index contributed by atoms with van der Waals surface area (Å²) in [5.74, 6) is -2.44. The number of nitrogens with one attached hydrogen (secondary N) is 1. The van der Waals surface area contributed by atoms with Crippen LogP contribution in [0.5, 0.6) is 0 Å². The monoisotopic (exact) mass is 304 g/mol. The van der Waals surface area contributed by atoms with Crippen LogP contribution in [-0.2, 0) is 11.0 Å². The van der Waals surface area contributed by atoms with Crippen molar-refractivity contribution in [2.45, 2.75) is 38.4 Å². The molecule has 0 aliphatic heterocycles. The highest BCUT2D eigenvalue weighted by molar-refractivity contribution is 5.96. The van der Waals surface area contributed by atoms with Crippen LogP contribution >= 0.6 is 0 Å². The van der Waals surface area contributed by atoms with Gasteiger partial charge in [0.15, 0.2) is 0 Å². The Morgan fingerprint density at radius 3 is 2.62 bits per heavy atom. The molecule has 21 heavy (non-hydrogen) atoms. The summed E-state index contributed by atoms with van der Waals surface area (Å²) >= 11 is 0. The Balaban J connectivity index is 2.96. The van der Waals surface area contributed by atoms with Crippen LogP contribution < -0.4 is 5.32 Å². The molecule has 116 valence electrons. The second kappa shape index (κ2) is 7.05. The molecule has 5 nitrogen and oxygen atoms in total. The fourth-order valence-corrected chi connectivity index (χ4v) is 1.71. The lowest BCUT2D eigenvalue weighted by molar-refractivity contribution is -0.139. The molecule has 8 heteroatoms. The van der Waals surface area contributed by atoms with E-state index in [9.17, 15) is 22.8 Å². The van der Waals surface area contributed by atoms with Gasteiger partial charge in [-0.15, -0.1) is 0 Å². The SMILES string of the molecule is CCCC[C@H](NC(=O)c1ncccc1C(F)(F)F)C(=O)O. The quantitative estimate of drug-likeness (QED) is 0.846. The minimum atomic E-state index is -4.73. The summed E-state index contributed by atoms with van der Waals surface area (Å²) in [7, 11) is 0. The van der Waals surface area contributed by atoms with Crippen LogP contribution in [0, 0.1) is 0 Å². The van der Waals surface area contributed by atoms with Gasteiger partial charge in [0.25, 0.3) is 5.91 Å². The molecule has 0 aliphatic rings. The van der Waals surface area contributed by atoms with E-state index >= 15 is 0 Å². The Hall–Kier alpha value is -2.12. The summed E-state index contributed by atoms with van der Waals surface area (Å²) in [6.45, 7) is 1.83. The summed E-state index contributed by atoms with van der Waals surface area (Å²) in [6, 6.07) is 0.551. The Morgan fingerprint density at radius 1 is 1.43 bits per heavy atom. The van der Waals surface area contributed by atoms with E-state index in [1.165, 1.54) is 0 Å². The number of aliphatic carboxylic acids is 1. The summed E-state index contributed by atoms with van der Waals surface area (Å²) in [6.07, 6.45) is -2.30. The van der Waals surface area contributed by atoms with Gasteiger partial charge in [-0.3, -0.25) is 9.78 Å². The number of carboxylic acids is 1. The van der Waals surface area contributed by atoms with Crippen LogP contribution in [-0.4, -0.2) is 28.0 Å². The maximum Gasteiger partial charge on any atom is 0.418 e. The Bertz CT molecular complexity index is 518. The highest BCUT2D eigenvalue weighted by Gasteiger charge is 2.36. The van der Waals surface area contributed by atoms with Gasteiger partial charge in [-0.25, -0.2) is 4.79 Å².